The number of anilines is 1. The topological polar surface area (TPSA) is 70.6 Å². The summed E-state index contributed by atoms with van der Waals surface area (Å²) in [6.45, 7) is 4.47. The summed E-state index contributed by atoms with van der Waals surface area (Å²) in [5, 5.41) is 12.9. The zero-order valence-electron chi connectivity index (χ0n) is 14.4. The highest BCUT2D eigenvalue weighted by Gasteiger charge is 2.13. The van der Waals surface area contributed by atoms with Gasteiger partial charge < -0.3 is 16.2 Å². The Morgan fingerprint density at radius 3 is 2.38 bits per heavy atom. The van der Waals surface area contributed by atoms with Crippen molar-refractivity contribution in [2.75, 3.05) is 11.9 Å². The molecule has 0 aliphatic carbocycles. The Morgan fingerprint density at radius 1 is 1.12 bits per heavy atom. The second-order valence-electron chi connectivity index (χ2n) is 6.09. The summed E-state index contributed by atoms with van der Waals surface area (Å²) in [7, 11) is 0. The van der Waals surface area contributed by atoms with Gasteiger partial charge in [0.1, 0.15) is 0 Å². The third-order valence-electron chi connectivity index (χ3n) is 4.01. The van der Waals surface area contributed by atoms with E-state index in [0.717, 1.165) is 12.1 Å². The van der Waals surface area contributed by atoms with E-state index in [2.05, 4.69) is 41.5 Å². The van der Waals surface area contributed by atoms with E-state index in [-0.39, 0.29) is 12.0 Å². The molecule has 0 bridgehead atoms. The number of aliphatic imine (C=N–C) groups is 1. The molecule has 2 unspecified atom stereocenters. The average molecular weight is 325 g/mol. The van der Waals surface area contributed by atoms with E-state index in [1.54, 1.807) is 6.92 Å². The number of hydrogen-bond acceptors (Lipinski definition) is 2. The number of aliphatic hydroxyl groups excluding tert-OH is 1. The molecule has 2 rings (SSSR count). The Balaban J connectivity index is 2.01. The van der Waals surface area contributed by atoms with Crippen LogP contribution < -0.4 is 11.1 Å². The third kappa shape index (κ3) is 5.70. The first-order valence-corrected chi connectivity index (χ1v) is 8.47. The van der Waals surface area contributed by atoms with Gasteiger partial charge in [0.25, 0.3) is 0 Å². The zero-order valence-corrected chi connectivity index (χ0v) is 14.4. The van der Waals surface area contributed by atoms with Gasteiger partial charge in [-0.1, -0.05) is 49.4 Å². The molecule has 2 aromatic rings. The lowest BCUT2D eigenvalue weighted by Crippen LogP contribution is -2.24. The van der Waals surface area contributed by atoms with Crippen molar-refractivity contribution >= 4 is 11.6 Å². The normalized spacial score (nSPS) is 14.2. The molecule has 2 aromatic carbocycles. The average Bonchev–Trinajstić information content (AvgIpc) is 2.59. The number of benzene rings is 2. The van der Waals surface area contributed by atoms with Crippen molar-refractivity contribution in [3.05, 3.63) is 65.7 Å². The molecule has 0 radical (unpaired) electrons. The third-order valence-corrected chi connectivity index (χ3v) is 4.01. The smallest absolute Gasteiger partial charge is 0.193 e. The summed E-state index contributed by atoms with van der Waals surface area (Å²) in [6.07, 6.45) is 1.30. The van der Waals surface area contributed by atoms with Gasteiger partial charge in [0.05, 0.1) is 6.10 Å². The van der Waals surface area contributed by atoms with Crippen LogP contribution in [-0.4, -0.2) is 23.7 Å². The molecule has 128 valence electrons. The maximum atomic E-state index is 9.74. The minimum absolute atomic E-state index is 0.147. The summed E-state index contributed by atoms with van der Waals surface area (Å²) < 4.78 is 0. The first-order chi connectivity index (χ1) is 11.6. The van der Waals surface area contributed by atoms with Crippen LogP contribution >= 0.6 is 0 Å². The van der Waals surface area contributed by atoms with Crippen LogP contribution in [-0.2, 0) is 6.42 Å². The van der Waals surface area contributed by atoms with Crippen molar-refractivity contribution in [2.24, 2.45) is 10.7 Å². The monoisotopic (exact) mass is 325 g/mol. The van der Waals surface area contributed by atoms with Gasteiger partial charge in [-0.3, -0.25) is 4.99 Å². The highest BCUT2D eigenvalue weighted by molar-refractivity contribution is 5.92. The molecule has 4 N–H and O–H groups in total. The Kier molecular flexibility index (Phi) is 6.82. The molecule has 0 saturated carbocycles. The fraction of sp³-hybridized carbons (Fsp3) is 0.350. The van der Waals surface area contributed by atoms with Gasteiger partial charge in [0, 0.05) is 18.2 Å². The number of rotatable bonds is 7. The number of aliphatic hydroxyl groups is 1. The first kappa shape index (κ1) is 18.0. The molecule has 0 aliphatic heterocycles. The van der Waals surface area contributed by atoms with E-state index in [9.17, 15) is 5.11 Å². The molecular formula is C20H27N3O. The Morgan fingerprint density at radius 2 is 1.79 bits per heavy atom. The molecule has 24 heavy (non-hydrogen) atoms. The lowest BCUT2D eigenvalue weighted by Gasteiger charge is -2.17. The highest BCUT2D eigenvalue weighted by atomic mass is 16.3. The molecular weight excluding hydrogens is 298 g/mol. The molecule has 0 saturated heterocycles. The van der Waals surface area contributed by atoms with Crippen molar-refractivity contribution in [1.82, 2.24) is 0 Å². The second kappa shape index (κ2) is 9.08. The number of aryl methyl sites for hydroxylation is 1. The molecule has 2 atom stereocenters. The molecule has 4 heteroatoms. The van der Waals surface area contributed by atoms with E-state index in [1.807, 2.05) is 30.3 Å². The number of nitrogens with one attached hydrogen (secondary N) is 1. The largest absolute Gasteiger partial charge is 0.393 e. The van der Waals surface area contributed by atoms with Gasteiger partial charge in [-0.2, -0.15) is 0 Å². The quantitative estimate of drug-likeness (QED) is 0.539. The standard InChI is InChI=1S/C20H27N3O/c1-3-16-9-11-19(12-10-16)23-20(21)22-14-18(13-15(2)24)17-7-5-4-6-8-17/h4-12,15,18,24H,3,13-14H2,1-2H3,(H3,21,22,23). The van der Waals surface area contributed by atoms with Crippen LogP contribution in [0.5, 0.6) is 0 Å². The van der Waals surface area contributed by atoms with Gasteiger partial charge >= 0.3 is 0 Å². The van der Waals surface area contributed by atoms with Crippen molar-refractivity contribution < 1.29 is 5.11 Å². The molecule has 0 amide bonds. The molecule has 4 nitrogen and oxygen atoms in total. The van der Waals surface area contributed by atoms with Gasteiger partial charge in [-0.15, -0.1) is 0 Å². The zero-order chi connectivity index (χ0) is 17.4. The first-order valence-electron chi connectivity index (χ1n) is 8.47. The van der Waals surface area contributed by atoms with Gasteiger partial charge in [0.2, 0.25) is 0 Å². The minimum Gasteiger partial charge on any atom is -0.393 e. The maximum absolute atomic E-state index is 9.74. The van der Waals surface area contributed by atoms with Crippen LogP contribution in [0.4, 0.5) is 5.69 Å². The fourth-order valence-corrected chi connectivity index (χ4v) is 2.67. The predicted molar refractivity (Wildman–Crippen MR) is 101 cm³/mol. The van der Waals surface area contributed by atoms with Crippen LogP contribution in [0.3, 0.4) is 0 Å². The molecule has 0 aromatic heterocycles. The number of guanidine groups is 1. The van der Waals surface area contributed by atoms with Crippen LogP contribution in [0, 0.1) is 0 Å². The number of hydrogen-bond donors (Lipinski definition) is 3. The lowest BCUT2D eigenvalue weighted by molar-refractivity contribution is 0.175. The minimum atomic E-state index is -0.374. The highest BCUT2D eigenvalue weighted by Crippen LogP contribution is 2.21. The summed E-state index contributed by atoms with van der Waals surface area (Å²) in [5.74, 6) is 0.541. The summed E-state index contributed by atoms with van der Waals surface area (Å²) in [4.78, 5) is 4.46. The van der Waals surface area contributed by atoms with Crippen molar-refractivity contribution in [3.63, 3.8) is 0 Å². The van der Waals surface area contributed by atoms with Crippen LogP contribution in [0.25, 0.3) is 0 Å². The van der Waals surface area contributed by atoms with Gasteiger partial charge in [-0.05, 0) is 43.0 Å². The number of nitrogens with two attached hydrogens (primary N) is 1. The summed E-state index contributed by atoms with van der Waals surface area (Å²) in [6, 6.07) is 18.3. The van der Waals surface area contributed by atoms with Gasteiger partial charge in [-0.25, -0.2) is 0 Å². The van der Waals surface area contributed by atoms with Crippen molar-refractivity contribution in [3.8, 4) is 0 Å². The lowest BCUT2D eigenvalue weighted by atomic mass is 9.93. The van der Waals surface area contributed by atoms with Crippen LogP contribution in [0.1, 0.15) is 37.3 Å². The Bertz CT molecular complexity index is 636. The molecule has 0 fully saturated rings. The Labute approximate surface area is 144 Å². The van der Waals surface area contributed by atoms with E-state index >= 15 is 0 Å². The Hall–Kier alpha value is -2.33. The molecule has 0 heterocycles. The van der Waals surface area contributed by atoms with Crippen molar-refractivity contribution in [1.29, 1.82) is 0 Å². The fourth-order valence-electron chi connectivity index (χ4n) is 2.67. The van der Waals surface area contributed by atoms with E-state index in [4.69, 9.17) is 5.73 Å². The molecule has 0 spiro atoms. The van der Waals surface area contributed by atoms with Crippen LogP contribution in [0.15, 0.2) is 59.6 Å². The van der Waals surface area contributed by atoms with E-state index < -0.39 is 0 Å². The van der Waals surface area contributed by atoms with Crippen LogP contribution in [0.2, 0.25) is 0 Å². The SMILES string of the molecule is CCc1ccc(NC(N)=NCC(CC(C)O)c2ccccc2)cc1. The summed E-state index contributed by atoms with van der Waals surface area (Å²) >= 11 is 0. The summed E-state index contributed by atoms with van der Waals surface area (Å²) in [5.41, 5.74) is 9.40. The van der Waals surface area contributed by atoms with E-state index in [1.165, 1.54) is 11.1 Å². The maximum Gasteiger partial charge on any atom is 0.193 e. The second-order valence-corrected chi connectivity index (χ2v) is 6.09. The van der Waals surface area contributed by atoms with Crippen molar-refractivity contribution in [2.45, 2.75) is 38.7 Å². The number of nitrogens with zero attached hydrogens (tertiary/aromatic N) is 1. The van der Waals surface area contributed by atoms with Gasteiger partial charge in [0.15, 0.2) is 5.96 Å². The molecule has 0 aliphatic rings. The predicted octanol–water partition coefficient (Wildman–Crippen LogP) is 3.53. The van der Waals surface area contributed by atoms with E-state index in [0.29, 0.717) is 18.9 Å².